The fraction of sp³-hybridized carbons (Fsp3) is 0.400. The number of aliphatic hydroxyl groups is 2. The van der Waals surface area contributed by atoms with E-state index in [0.29, 0.717) is 35.1 Å². The van der Waals surface area contributed by atoms with Gasteiger partial charge < -0.3 is 29.3 Å². The predicted octanol–water partition coefficient (Wildman–Crippen LogP) is 2.40. The average molecular weight is 388 g/mol. The lowest BCUT2D eigenvalue weighted by atomic mass is 10.1. The second-order valence-corrected chi connectivity index (χ2v) is 6.26. The Morgan fingerprint density at radius 2 is 2.11 bits per heavy atom. The molecule has 2 heterocycles. The van der Waals surface area contributed by atoms with Gasteiger partial charge in [0.05, 0.1) is 19.4 Å². The smallest absolute Gasteiger partial charge is 0.226 e. The highest BCUT2D eigenvalue weighted by Crippen LogP contribution is 2.20. The third-order valence-corrected chi connectivity index (χ3v) is 4.21. The van der Waals surface area contributed by atoms with Crippen LogP contribution in [0.25, 0.3) is 0 Å². The molecular formula is C20H24N2O6. The Kier molecular flexibility index (Phi) is 7.18. The van der Waals surface area contributed by atoms with E-state index in [-0.39, 0.29) is 6.61 Å². The van der Waals surface area contributed by atoms with Crippen LogP contribution in [-0.2, 0) is 9.57 Å². The second-order valence-electron chi connectivity index (χ2n) is 6.26. The van der Waals surface area contributed by atoms with E-state index >= 15 is 0 Å². The molecule has 1 unspecified atom stereocenters. The lowest BCUT2D eigenvalue weighted by Crippen LogP contribution is -2.22. The number of rotatable bonds is 8. The molecule has 1 atom stereocenters. The van der Waals surface area contributed by atoms with Gasteiger partial charge in [-0.2, -0.15) is 0 Å². The van der Waals surface area contributed by atoms with Crippen LogP contribution in [0.3, 0.4) is 0 Å². The summed E-state index contributed by atoms with van der Waals surface area (Å²) >= 11 is 0. The number of ether oxygens (including phenoxy) is 3. The average Bonchev–Trinajstić information content (AvgIpc) is 2.74. The van der Waals surface area contributed by atoms with Gasteiger partial charge in [-0.3, -0.25) is 4.98 Å². The standard InChI is InChI=1S/C20H24N2O6/c1-25-15-5-4-6-16(12-15)27-13-18(22-28-19-7-2-3-10-26-19)17-11-14(20(23)24)8-9-21-17/h4-6,8-9,11-12,19-20,23-24H,2-3,7,10,13H2,1H3/b22-18+. The predicted molar refractivity (Wildman–Crippen MR) is 101 cm³/mol. The van der Waals surface area contributed by atoms with Crippen LogP contribution >= 0.6 is 0 Å². The van der Waals surface area contributed by atoms with E-state index in [4.69, 9.17) is 19.0 Å². The van der Waals surface area contributed by atoms with E-state index in [0.717, 1.165) is 19.3 Å². The van der Waals surface area contributed by atoms with Gasteiger partial charge in [-0.05, 0) is 37.1 Å². The molecule has 0 spiro atoms. The van der Waals surface area contributed by atoms with Crippen LogP contribution in [0.2, 0.25) is 0 Å². The van der Waals surface area contributed by atoms with E-state index in [2.05, 4.69) is 10.1 Å². The van der Waals surface area contributed by atoms with Crippen molar-refractivity contribution in [2.75, 3.05) is 20.3 Å². The molecule has 0 amide bonds. The zero-order valence-electron chi connectivity index (χ0n) is 15.7. The lowest BCUT2D eigenvalue weighted by molar-refractivity contribution is -0.162. The normalized spacial score (nSPS) is 17.4. The van der Waals surface area contributed by atoms with Crippen molar-refractivity contribution in [1.29, 1.82) is 0 Å². The van der Waals surface area contributed by atoms with Gasteiger partial charge in [0.1, 0.15) is 23.8 Å². The summed E-state index contributed by atoms with van der Waals surface area (Å²) in [7, 11) is 1.58. The van der Waals surface area contributed by atoms with Crippen LogP contribution in [0.5, 0.6) is 11.5 Å². The van der Waals surface area contributed by atoms with Crippen molar-refractivity contribution in [2.45, 2.75) is 31.8 Å². The molecular weight excluding hydrogens is 364 g/mol. The van der Waals surface area contributed by atoms with Crippen LogP contribution < -0.4 is 9.47 Å². The molecule has 1 saturated heterocycles. The van der Waals surface area contributed by atoms with Crippen molar-refractivity contribution >= 4 is 5.71 Å². The van der Waals surface area contributed by atoms with Gasteiger partial charge in [-0.25, -0.2) is 0 Å². The maximum Gasteiger partial charge on any atom is 0.226 e. The van der Waals surface area contributed by atoms with Crippen molar-refractivity contribution in [2.24, 2.45) is 5.16 Å². The molecule has 1 aliphatic rings. The first-order valence-electron chi connectivity index (χ1n) is 9.09. The van der Waals surface area contributed by atoms with Crippen LogP contribution in [0.4, 0.5) is 0 Å². The topological polar surface area (TPSA) is 103 Å². The molecule has 1 aliphatic heterocycles. The van der Waals surface area contributed by atoms with Gasteiger partial charge in [0.25, 0.3) is 0 Å². The van der Waals surface area contributed by atoms with Crippen LogP contribution in [0, 0.1) is 0 Å². The van der Waals surface area contributed by atoms with Gasteiger partial charge >= 0.3 is 0 Å². The summed E-state index contributed by atoms with van der Waals surface area (Å²) in [4.78, 5) is 9.78. The molecule has 1 aromatic carbocycles. The van der Waals surface area contributed by atoms with Crippen molar-refractivity contribution in [3.05, 3.63) is 53.9 Å². The zero-order chi connectivity index (χ0) is 19.8. The largest absolute Gasteiger partial charge is 0.497 e. The highest BCUT2D eigenvalue weighted by molar-refractivity contribution is 5.99. The minimum Gasteiger partial charge on any atom is -0.497 e. The first kappa shape index (κ1) is 20.1. The van der Waals surface area contributed by atoms with E-state index in [1.54, 1.807) is 19.2 Å². The Labute approximate surface area is 163 Å². The maximum absolute atomic E-state index is 9.42. The highest BCUT2D eigenvalue weighted by atomic mass is 16.8. The summed E-state index contributed by atoms with van der Waals surface area (Å²) in [6.45, 7) is 0.706. The Hall–Kier alpha value is -2.68. The van der Waals surface area contributed by atoms with E-state index in [1.807, 2.05) is 12.1 Å². The van der Waals surface area contributed by atoms with Crippen LogP contribution in [-0.4, -0.2) is 47.5 Å². The summed E-state index contributed by atoms with van der Waals surface area (Å²) in [5, 5.41) is 23.0. The van der Waals surface area contributed by atoms with Gasteiger partial charge in [-0.1, -0.05) is 11.2 Å². The number of methoxy groups -OCH3 is 1. The molecule has 150 valence electrons. The quantitative estimate of drug-likeness (QED) is 0.407. The van der Waals surface area contributed by atoms with Crippen LogP contribution in [0.1, 0.15) is 36.8 Å². The Balaban J connectivity index is 1.77. The highest BCUT2D eigenvalue weighted by Gasteiger charge is 2.17. The molecule has 2 N–H and O–H groups in total. The van der Waals surface area contributed by atoms with Crippen molar-refractivity contribution in [3.8, 4) is 11.5 Å². The third kappa shape index (κ3) is 5.66. The fourth-order valence-electron chi connectivity index (χ4n) is 2.67. The molecule has 0 bridgehead atoms. The molecule has 1 fully saturated rings. The first-order chi connectivity index (χ1) is 13.7. The Morgan fingerprint density at radius 1 is 1.25 bits per heavy atom. The summed E-state index contributed by atoms with van der Waals surface area (Å²) in [5.41, 5.74) is 1.12. The van der Waals surface area contributed by atoms with Crippen LogP contribution in [0.15, 0.2) is 47.8 Å². The fourth-order valence-corrected chi connectivity index (χ4v) is 2.67. The van der Waals surface area contributed by atoms with Gasteiger partial charge in [0, 0.05) is 24.2 Å². The number of pyridine rings is 1. The molecule has 28 heavy (non-hydrogen) atoms. The monoisotopic (exact) mass is 388 g/mol. The Bertz CT molecular complexity index is 790. The molecule has 1 aromatic heterocycles. The van der Waals surface area contributed by atoms with E-state index in [1.165, 1.54) is 18.3 Å². The van der Waals surface area contributed by atoms with Gasteiger partial charge in [-0.15, -0.1) is 0 Å². The maximum atomic E-state index is 9.42. The third-order valence-electron chi connectivity index (χ3n) is 4.21. The molecule has 0 saturated carbocycles. The summed E-state index contributed by atoms with van der Waals surface area (Å²) in [5.74, 6) is 1.27. The van der Waals surface area contributed by atoms with Gasteiger partial charge in [0.15, 0.2) is 6.29 Å². The van der Waals surface area contributed by atoms with Crippen molar-refractivity contribution < 1.29 is 29.3 Å². The number of oxime groups is 1. The molecule has 0 radical (unpaired) electrons. The number of aliphatic hydroxyl groups excluding tert-OH is 1. The number of hydrogen-bond acceptors (Lipinski definition) is 8. The molecule has 2 aromatic rings. The van der Waals surface area contributed by atoms with Gasteiger partial charge in [0.2, 0.25) is 6.29 Å². The van der Waals surface area contributed by atoms with Crippen molar-refractivity contribution in [1.82, 2.24) is 4.98 Å². The molecule has 0 aliphatic carbocycles. The van der Waals surface area contributed by atoms with Crippen molar-refractivity contribution in [3.63, 3.8) is 0 Å². The number of hydrogen-bond donors (Lipinski definition) is 2. The molecule has 8 nitrogen and oxygen atoms in total. The Morgan fingerprint density at radius 3 is 2.86 bits per heavy atom. The zero-order valence-corrected chi connectivity index (χ0v) is 15.7. The first-order valence-corrected chi connectivity index (χ1v) is 9.09. The van der Waals surface area contributed by atoms with E-state index < -0.39 is 12.6 Å². The second kappa shape index (κ2) is 10.0. The number of nitrogens with zero attached hydrogens (tertiary/aromatic N) is 2. The molecule has 8 heteroatoms. The summed E-state index contributed by atoms with van der Waals surface area (Å²) in [6, 6.07) is 10.2. The van der Waals surface area contributed by atoms with E-state index in [9.17, 15) is 10.2 Å². The number of benzene rings is 1. The minimum atomic E-state index is -1.61. The number of aromatic nitrogens is 1. The summed E-state index contributed by atoms with van der Waals surface area (Å²) < 4.78 is 16.5. The summed E-state index contributed by atoms with van der Waals surface area (Å²) in [6.07, 6.45) is 2.24. The lowest BCUT2D eigenvalue weighted by Gasteiger charge is -2.20. The molecule has 3 rings (SSSR count). The SMILES string of the molecule is COc1cccc(OC/C(=N\OC2CCCCO2)c2cc(C(O)O)ccn2)c1. The minimum absolute atomic E-state index is 0.0673.